The third kappa shape index (κ3) is 3.11. The van der Waals surface area contributed by atoms with Crippen LogP contribution in [0.4, 0.5) is 0 Å². The van der Waals surface area contributed by atoms with Crippen LogP contribution in [0.5, 0.6) is 5.75 Å². The van der Waals surface area contributed by atoms with Crippen LogP contribution in [0.3, 0.4) is 0 Å². The topological polar surface area (TPSA) is 61.4 Å². The zero-order valence-electron chi connectivity index (χ0n) is 14.0. The number of benzene rings is 2. The van der Waals surface area contributed by atoms with Crippen LogP contribution in [-0.2, 0) is 6.54 Å². The highest BCUT2D eigenvalue weighted by molar-refractivity contribution is 5.78. The van der Waals surface area contributed by atoms with Gasteiger partial charge < -0.3 is 9.15 Å². The summed E-state index contributed by atoms with van der Waals surface area (Å²) in [5.74, 6) is 0.0868. The molecule has 3 aromatic rings. The molecule has 0 unspecified atom stereocenters. The Hall–Kier alpha value is -2.82. The van der Waals surface area contributed by atoms with Crippen molar-refractivity contribution in [3.8, 4) is 5.75 Å². The molecular formula is C19H19NO4. The van der Waals surface area contributed by atoms with E-state index in [2.05, 4.69) is 0 Å². The quantitative estimate of drug-likeness (QED) is 0.740. The van der Waals surface area contributed by atoms with Crippen LogP contribution in [0.1, 0.15) is 16.7 Å². The zero-order chi connectivity index (χ0) is 17.3. The van der Waals surface area contributed by atoms with Crippen molar-refractivity contribution >= 4 is 10.9 Å². The van der Waals surface area contributed by atoms with Crippen LogP contribution in [-0.4, -0.2) is 11.2 Å². The van der Waals surface area contributed by atoms with E-state index in [1.54, 1.807) is 12.1 Å². The van der Waals surface area contributed by atoms with E-state index in [-0.39, 0.29) is 0 Å². The molecule has 0 fully saturated rings. The van der Waals surface area contributed by atoms with Gasteiger partial charge in [-0.3, -0.25) is 4.57 Å². The van der Waals surface area contributed by atoms with Crippen molar-refractivity contribution in [1.29, 1.82) is 0 Å². The average Bonchev–Trinajstić information content (AvgIpc) is 2.54. The highest BCUT2D eigenvalue weighted by Crippen LogP contribution is 2.16. The summed E-state index contributed by atoms with van der Waals surface area (Å²) in [6.07, 6.45) is 0. The van der Waals surface area contributed by atoms with Gasteiger partial charge in [0.1, 0.15) is 12.4 Å². The van der Waals surface area contributed by atoms with Gasteiger partial charge >= 0.3 is 11.4 Å². The Bertz CT molecular complexity index is 1010. The lowest BCUT2D eigenvalue weighted by molar-refractivity contribution is 0.287. The molecule has 5 heteroatoms. The predicted molar refractivity (Wildman–Crippen MR) is 92.9 cm³/mol. The van der Waals surface area contributed by atoms with E-state index >= 15 is 0 Å². The molecule has 1 heterocycles. The Morgan fingerprint density at radius 2 is 1.79 bits per heavy atom. The van der Waals surface area contributed by atoms with E-state index in [0.29, 0.717) is 24.1 Å². The molecule has 24 heavy (non-hydrogen) atoms. The maximum absolute atomic E-state index is 12.0. The van der Waals surface area contributed by atoms with Crippen molar-refractivity contribution < 1.29 is 9.15 Å². The Balaban J connectivity index is 1.86. The number of rotatable bonds is 4. The molecule has 0 aliphatic rings. The highest BCUT2D eigenvalue weighted by Gasteiger charge is 2.09. The average molecular weight is 325 g/mol. The SMILES string of the molecule is Cc1ccc2c(c1)c(=O)oc(=O)n2CCOc1ccc(C)c(C)c1. The lowest BCUT2D eigenvalue weighted by Gasteiger charge is -2.11. The molecular weight excluding hydrogens is 306 g/mol. The van der Waals surface area contributed by atoms with Gasteiger partial charge in [0.05, 0.1) is 17.4 Å². The minimum atomic E-state index is -0.667. The normalized spacial score (nSPS) is 11.0. The second-order valence-corrected chi connectivity index (χ2v) is 5.92. The second kappa shape index (κ2) is 6.35. The first-order valence-corrected chi connectivity index (χ1v) is 7.80. The van der Waals surface area contributed by atoms with Gasteiger partial charge in [-0.15, -0.1) is 0 Å². The van der Waals surface area contributed by atoms with Gasteiger partial charge in [0.25, 0.3) is 0 Å². The van der Waals surface area contributed by atoms with Crippen molar-refractivity contribution in [2.24, 2.45) is 0 Å². The van der Waals surface area contributed by atoms with Gasteiger partial charge in [-0.25, -0.2) is 9.59 Å². The number of ether oxygens (including phenoxy) is 1. The minimum absolute atomic E-state index is 0.301. The first-order valence-electron chi connectivity index (χ1n) is 7.80. The van der Waals surface area contributed by atoms with E-state index < -0.39 is 11.4 Å². The van der Waals surface area contributed by atoms with Gasteiger partial charge in [-0.2, -0.15) is 0 Å². The van der Waals surface area contributed by atoms with Crippen LogP contribution in [0.25, 0.3) is 10.9 Å². The molecule has 0 saturated carbocycles. The monoisotopic (exact) mass is 325 g/mol. The Labute approximate surface area is 139 Å². The Morgan fingerprint density at radius 1 is 1.00 bits per heavy atom. The fourth-order valence-corrected chi connectivity index (χ4v) is 2.61. The Morgan fingerprint density at radius 3 is 2.54 bits per heavy atom. The third-order valence-corrected chi connectivity index (χ3v) is 4.13. The first kappa shape index (κ1) is 16.1. The molecule has 3 rings (SSSR count). The second-order valence-electron chi connectivity index (χ2n) is 5.92. The highest BCUT2D eigenvalue weighted by atomic mass is 16.5. The fraction of sp³-hybridized carbons (Fsp3) is 0.263. The standard InChI is InChI=1S/C19H19NO4/c1-12-4-7-17-16(10-12)18(21)24-19(22)20(17)8-9-23-15-6-5-13(2)14(3)11-15/h4-7,10-11H,8-9H2,1-3H3. The van der Waals surface area contributed by atoms with E-state index in [9.17, 15) is 9.59 Å². The lowest BCUT2D eigenvalue weighted by Crippen LogP contribution is -2.27. The van der Waals surface area contributed by atoms with Crippen LogP contribution >= 0.6 is 0 Å². The summed E-state index contributed by atoms with van der Waals surface area (Å²) in [6.45, 7) is 6.55. The van der Waals surface area contributed by atoms with Crippen molar-refractivity contribution in [2.75, 3.05) is 6.61 Å². The van der Waals surface area contributed by atoms with Gasteiger partial charge in [0, 0.05) is 0 Å². The van der Waals surface area contributed by atoms with Crippen molar-refractivity contribution in [2.45, 2.75) is 27.3 Å². The van der Waals surface area contributed by atoms with Gasteiger partial charge in [-0.1, -0.05) is 17.7 Å². The van der Waals surface area contributed by atoms with Crippen LogP contribution < -0.4 is 16.1 Å². The molecule has 0 radical (unpaired) electrons. The van der Waals surface area contributed by atoms with E-state index in [4.69, 9.17) is 9.15 Å². The molecule has 0 N–H and O–H groups in total. The van der Waals surface area contributed by atoms with Crippen LogP contribution in [0.2, 0.25) is 0 Å². The van der Waals surface area contributed by atoms with E-state index in [1.807, 2.05) is 45.0 Å². The van der Waals surface area contributed by atoms with E-state index in [1.165, 1.54) is 10.1 Å². The van der Waals surface area contributed by atoms with Crippen LogP contribution in [0, 0.1) is 20.8 Å². The summed E-state index contributed by atoms with van der Waals surface area (Å²) in [7, 11) is 0. The Kier molecular flexibility index (Phi) is 4.25. The predicted octanol–water partition coefficient (Wildman–Crippen LogP) is 2.96. The summed E-state index contributed by atoms with van der Waals surface area (Å²) >= 11 is 0. The number of hydrogen-bond donors (Lipinski definition) is 0. The summed E-state index contributed by atoms with van der Waals surface area (Å²) in [4.78, 5) is 23.9. The molecule has 1 aromatic heterocycles. The molecule has 0 spiro atoms. The summed E-state index contributed by atoms with van der Waals surface area (Å²) < 4.78 is 12.0. The number of aromatic nitrogens is 1. The zero-order valence-corrected chi connectivity index (χ0v) is 14.0. The molecule has 2 aromatic carbocycles. The van der Waals surface area contributed by atoms with Crippen molar-refractivity contribution in [3.05, 3.63) is 74.1 Å². The molecule has 0 aliphatic carbocycles. The number of nitrogens with zero attached hydrogens (tertiary/aromatic N) is 1. The first-order chi connectivity index (χ1) is 11.5. The number of hydrogen-bond acceptors (Lipinski definition) is 4. The minimum Gasteiger partial charge on any atom is -0.492 e. The molecule has 0 saturated heterocycles. The smallest absolute Gasteiger partial charge is 0.422 e. The summed E-state index contributed by atoms with van der Waals surface area (Å²) in [5, 5.41) is 0.404. The number of fused-ring (bicyclic) bond motifs is 1. The van der Waals surface area contributed by atoms with Gasteiger partial charge in [0.2, 0.25) is 0 Å². The molecule has 0 amide bonds. The summed E-state index contributed by atoms with van der Waals surface area (Å²) in [5.41, 5.74) is 3.24. The van der Waals surface area contributed by atoms with E-state index in [0.717, 1.165) is 16.9 Å². The largest absolute Gasteiger partial charge is 0.492 e. The summed E-state index contributed by atoms with van der Waals surface area (Å²) in [6, 6.07) is 11.2. The fourth-order valence-electron chi connectivity index (χ4n) is 2.61. The van der Waals surface area contributed by atoms with Gasteiger partial charge in [0.15, 0.2) is 0 Å². The molecule has 124 valence electrons. The van der Waals surface area contributed by atoms with Crippen molar-refractivity contribution in [3.63, 3.8) is 0 Å². The van der Waals surface area contributed by atoms with Crippen LogP contribution in [0.15, 0.2) is 50.4 Å². The van der Waals surface area contributed by atoms with Crippen molar-refractivity contribution in [1.82, 2.24) is 4.57 Å². The van der Waals surface area contributed by atoms with Gasteiger partial charge in [-0.05, 0) is 56.2 Å². The number of aryl methyl sites for hydroxylation is 3. The molecule has 0 bridgehead atoms. The molecule has 5 nitrogen and oxygen atoms in total. The third-order valence-electron chi connectivity index (χ3n) is 4.13. The maximum Gasteiger partial charge on any atom is 0.422 e. The molecule has 0 aliphatic heterocycles. The maximum atomic E-state index is 12.0. The lowest BCUT2D eigenvalue weighted by atomic mass is 10.1. The molecule has 0 atom stereocenters.